The maximum atomic E-state index is 5.59. The van der Waals surface area contributed by atoms with Crippen molar-refractivity contribution < 1.29 is 0 Å². The van der Waals surface area contributed by atoms with E-state index in [1.54, 1.807) is 0 Å². The Morgan fingerprint density at radius 1 is 1.62 bits per heavy atom. The van der Waals surface area contributed by atoms with Crippen molar-refractivity contribution in [2.45, 2.75) is 13.1 Å². The van der Waals surface area contributed by atoms with Crippen molar-refractivity contribution in [1.29, 1.82) is 0 Å². The largest absolute Gasteiger partial charge is 0.333 e. The first-order valence-corrected chi connectivity index (χ1v) is 4.67. The molecule has 72 valence electrons. The Bertz CT molecular complexity index is 275. The van der Waals surface area contributed by atoms with E-state index in [0.29, 0.717) is 6.54 Å². The van der Waals surface area contributed by atoms with Gasteiger partial charge in [-0.1, -0.05) is 0 Å². The molecule has 0 aromatic carbocycles. The van der Waals surface area contributed by atoms with Crippen molar-refractivity contribution in [3.8, 4) is 0 Å². The summed E-state index contributed by atoms with van der Waals surface area (Å²) in [5, 5.41) is 0. The normalized spacial score (nSPS) is 18.9. The highest BCUT2D eigenvalue weighted by Crippen LogP contribution is 2.15. The van der Waals surface area contributed by atoms with Gasteiger partial charge in [-0.3, -0.25) is 0 Å². The van der Waals surface area contributed by atoms with E-state index in [2.05, 4.69) is 21.5 Å². The van der Waals surface area contributed by atoms with Gasteiger partial charge in [-0.05, 0) is 7.05 Å². The zero-order chi connectivity index (χ0) is 9.26. The molecule has 2 rings (SSSR count). The third kappa shape index (κ3) is 1.73. The third-order valence-corrected chi connectivity index (χ3v) is 2.60. The lowest BCUT2D eigenvalue weighted by Gasteiger charge is -2.36. The van der Waals surface area contributed by atoms with Gasteiger partial charge in [0.1, 0.15) is 0 Å². The quantitative estimate of drug-likeness (QED) is 0.707. The van der Waals surface area contributed by atoms with E-state index in [4.69, 9.17) is 5.73 Å². The van der Waals surface area contributed by atoms with Gasteiger partial charge < -0.3 is 15.2 Å². The number of hydrogen-bond acceptors (Lipinski definition) is 3. The molecule has 2 N–H and O–H groups in total. The second kappa shape index (κ2) is 3.47. The van der Waals surface area contributed by atoms with Crippen molar-refractivity contribution >= 4 is 0 Å². The summed E-state index contributed by atoms with van der Waals surface area (Å²) >= 11 is 0. The van der Waals surface area contributed by atoms with Gasteiger partial charge in [0, 0.05) is 38.3 Å². The number of nitrogens with two attached hydrogens (primary N) is 1. The zero-order valence-electron chi connectivity index (χ0n) is 7.98. The molecule has 1 aromatic rings. The first-order valence-electron chi connectivity index (χ1n) is 4.67. The van der Waals surface area contributed by atoms with E-state index in [1.807, 2.05) is 12.5 Å². The Hall–Kier alpha value is -0.870. The number of hydrogen-bond donors (Lipinski definition) is 1. The van der Waals surface area contributed by atoms with Gasteiger partial charge in [0.25, 0.3) is 0 Å². The van der Waals surface area contributed by atoms with Crippen LogP contribution in [0.15, 0.2) is 12.5 Å². The molecule has 0 radical (unpaired) electrons. The van der Waals surface area contributed by atoms with Crippen LogP contribution in [-0.4, -0.2) is 34.6 Å². The van der Waals surface area contributed by atoms with Crippen LogP contribution in [0.25, 0.3) is 0 Å². The molecule has 2 heterocycles. The average Bonchev–Trinajstić information content (AvgIpc) is 2.49. The fourth-order valence-electron chi connectivity index (χ4n) is 1.90. The number of imidazole rings is 1. The van der Waals surface area contributed by atoms with Crippen LogP contribution in [0, 0.1) is 5.92 Å². The Balaban J connectivity index is 1.94. The summed E-state index contributed by atoms with van der Waals surface area (Å²) in [6.07, 6.45) is 3.73. The van der Waals surface area contributed by atoms with E-state index in [-0.39, 0.29) is 0 Å². The average molecular weight is 180 g/mol. The Morgan fingerprint density at radius 3 is 3.00 bits per heavy atom. The first-order chi connectivity index (χ1) is 6.29. The fourth-order valence-corrected chi connectivity index (χ4v) is 1.90. The van der Waals surface area contributed by atoms with Crippen LogP contribution >= 0.6 is 0 Å². The number of likely N-dealkylation sites (tertiary alicyclic amines) is 1. The van der Waals surface area contributed by atoms with E-state index >= 15 is 0 Å². The lowest BCUT2D eigenvalue weighted by Crippen LogP contribution is -2.45. The molecule has 1 saturated heterocycles. The summed E-state index contributed by atoms with van der Waals surface area (Å²) in [5.74, 6) is 0.782. The maximum Gasteiger partial charge on any atom is 0.0948 e. The zero-order valence-corrected chi connectivity index (χ0v) is 7.98. The second-order valence-corrected chi connectivity index (χ2v) is 3.83. The monoisotopic (exact) mass is 180 g/mol. The van der Waals surface area contributed by atoms with Crippen LogP contribution in [0.5, 0.6) is 0 Å². The Labute approximate surface area is 78.4 Å². The highest BCUT2D eigenvalue weighted by Gasteiger charge is 2.23. The molecular formula is C9H16N4. The number of nitrogens with zero attached hydrogens (tertiary/aromatic N) is 3. The Morgan fingerprint density at radius 2 is 2.38 bits per heavy atom. The minimum atomic E-state index is 0.586. The van der Waals surface area contributed by atoms with Gasteiger partial charge in [0.05, 0.1) is 12.0 Å². The molecule has 0 unspecified atom stereocenters. The highest BCUT2D eigenvalue weighted by atomic mass is 15.2. The van der Waals surface area contributed by atoms with Crippen LogP contribution in [-0.2, 0) is 13.1 Å². The van der Waals surface area contributed by atoms with Crippen molar-refractivity contribution in [2.75, 3.05) is 20.1 Å². The van der Waals surface area contributed by atoms with Crippen molar-refractivity contribution in [3.05, 3.63) is 18.2 Å². The lowest BCUT2D eigenvalue weighted by molar-refractivity contribution is 0.118. The van der Waals surface area contributed by atoms with E-state index in [0.717, 1.165) is 18.2 Å². The van der Waals surface area contributed by atoms with Gasteiger partial charge in [-0.2, -0.15) is 0 Å². The van der Waals surface area contributed by atoms with Crippen LogP contribution in [0.1, 0.15) is 5.69 Å². The minimum Gasteiger partial charge on any atom is -0.333 e. The van der Waals surface area contributed by atoms with Crippen molar-refractivity contribution in [1.82, 2.24) is 14.5 Å². The van der Waals surface area contributed by atoms with Gasteiger partial charge in [0.15, 0.2) is 0 Å². The smallest absolute Gasteiger partial charge is 0.0948 e. The topological polar surface area (TPSA) is 47.1 Å². The standard InChI is InChI=1S/C9H16N4/c1-12-4-8(5-12)6-13-7-11-3-9(13)2-10/h3,7-8H,2,4-6,10H2,1H3. The molecule has 1 aromatic heterocycles. The molecule has 0 spiro atoms. The second-order valence-electron chi connectivity index (χ2n) is 3.83. The van der Waals surface area contributed by atoms with Gasteiger partial charge in [-0.15, -0.1) is 0 Å². The van der Waals surface area contributed by atoms with E-state index in [9.17, 15) is 0 Å². The van der Waals surface area contributed by atoms with Gasteiger partial charge in [-0.25, -0.2) is 4.98 Å². The molecule has 13 heavy (non-hydrogen) atoms. The van der Waals surface area contributed by atoms with Gasteiger partial charge >= 0.3 is 0 Å². The van der Waals surface area contributed by atoms with Gasteiger partial charge in [0.2, 0.25) is 0 Å². The third-order valence-electron chi connectivity index (χ3n) is 2.60. The van der Waals surface area contributed by atoms with Crippen LogP contribution in [0.4, 0.5) is 0 Å². The van der Waals surface area contributed by atoms with Crippen LogP contribution < -0.4 is 5.73 Å². The Kier molecular flexibility index (Phi) is 2.33. The van der Waals surface area contributed by atoms with E-state index in [1.165, 1.54) is 13.1 Å². The molecule has 1 aliphatic heterocycles. The summed E-state index contributed by atoms with van der Waals surface area (Å²) in [4.78, 5) is 6.42. The van der Waals surface area contributed by atoms with E-state index < -0.39 is 0 Å². The van der Waals surface area contributed by atoms with Crippen LogP contribution in [0.3, 0.4) is 0 Å². The summed E-state index contributed by atoms with van der Waals surface area (Å²) in [6, 6.07) is 0. The predicted molar refractivity (Wildman–Crippen MR) is 51.1 cm³/mol. The molecule has 1 fully saturated rings. The molecule has 0 saturated carbocycles. The summed E-state index contributed by atoms with van der Waals surface area (Å²) in [5.41, 5.74) is 6.72. The molecule has 0 aliphatic carbocycles. The first kappa shape index (κ1) is 8.72. The lowest BCUT2D eigenvalue weighted by atomic mass is 10.0. The number of rotatable bonds is 3. The predicted octanol–water partition coefficient (Wildman–Crippen LogP) is -0.0966. The van der Waals surface area contributed by atoms with Crippen LogP contribution in [0.2, 0.25) is 0 Å². The molecule has 0 bridgehead atoms. The highest BCUT2D eigenvalue weighted by molar-refractivity contribution is 4.98. The SMILES string of the molecule is CN1CC(Cn2cncc2CN)C1. The molecule has 4 heteroatoms. The van der Waals surface area contributed by atoms with Crippen molar-refractivity contribution in [3.63, 3.8) is 0 Å². The maximum absolute atomic E-state index is 5.59. The summed E-state index contributed by atoms with van der Waals surface area (Å²) < 4.78 is 2.16. The summed E-state index contributed by atoms with van der Waals surface area (Å²) in [7, 11) is 2.15. The molecular weight excluding hydrogens is 164 g/mol. The molecule has 4 nitrogen and oxygen atoms in total. The number of aromatic nitrogens is 2. The van der Waals surface area contributed by atoms with Crippen molar-refractivity contribution in [2.24, 2.45) is 11.7 Å². The summed E-state index contributed by atoms with van der Waals surface area (Å²) in [6.45, 7) is 4.05. The fraction of sp³-hybridized carbons (Fsp3) is 0.667. The molecule has 0 atom stereocenters. The molecule has 1 aliphatic rings. The minimum absolute atomic E-state index is 0.586. The molecule has 0 amide bonds.